The van der Waals surface area contributed by atoms with Gasteiger partial charge in [0, 0.05) is 37.3 Å². The normalized spacial score (nSPS) is 14.6. The molecule has 0 unspecified atom stereocenters. The smallest absolute Gasteiger partial charge is 0.262 e. The fourth-order valence-corrected chi connectivity index (χ4v) is 4.46. The highest BCUT2D eigenvalue weighted by atomic mass is 16.1. The molecule has 2 aromatic carbocycles. The summed E-state index contributed by atoms with van der Waals surface area (Å²) in [6, 6.07) is 16.8. The topological polar surface area (TPSA) is 53.9 Å². The monoisotopic (exact) mass is 372 g/mol. The summed E-state index contributed by atoms with van der Waals surface area (Å²) < 4.78 is 1.93. The van der Waals surface area contributed by atoms with Crippen molar-refractivity contribution in [3.05, 3.63) is 75.7 Å². The van der Waals surface area contributed by atoms with Crippen LogP contribution in [-0.2, 0) is 19.5 Å². The summed E-state index contributed by atoms with van der Waals surface area (Å²) >= 11 is 0. The summed E-state index contributed by atoms with van der Waals surface area (Å²) in [7, 11) is 0. The van der Waals surface area contributed by atoms with E-state index in [0.717, 1.165) is 61.1 Å². The molecule has 4 aromatic rings. The molecule has 0 bridgehead atoms. The third-order valence-electron chi connectivity index (χ3n) is 5.92. The van der Waals surface area contributed by atoms with Gasteiger partial charge in [0.1, 0.15) is 5.52 Å². The molecule has 0 spiro atoms. The molecule has 5 heteroatoms. The Kier molecular flexibility index (Phi) is 4.24. The van der Waals surface area contributed by atoms with Crippen LogP contribution in [0.3, 0.4) is 0 Å². The van der Waals surface area contributed by atoms with Gasteiger partial charge in [-0.25, -0.2) is 0 Å². The van der Waals surface area contributed by atoms with Crippen molar-refractivity contribution in [2.45, 2.75) is 32.9 Å². The van der Waals surface area contributed by atoms with Crippen molar-refractivity contribution in [3.63, 3.8) is 0 Å². The van der Waals surface area contributed by atoms with Crippen molar-refractivity contribution in [2.24, 2.45) is 0 Å². The van der Waals surface area contributed by atoms with Gasteiger partial charge >= 0.3 is 0 Å². The number of nitrogens with one attached hydrogen (secondary N) is 1. The molecular weight excluding hydrogens is 348 g/mol. The third-order valence-corrected chi connectivity index (χ3v) is 5.92. The van der Waals surface area contributed by atoms with E-state index in [1.165, 1.54) is 11.1 Å². The average molecular weight is 372 g/mol. The van der Waals surface area contributed by atoms with Gasteiger partial charge in [-0.1, -0.05) is 42.5 Å². The zero-order valence-corrected chi connectivity index (χ0v) is 16.1. The molecule has 0 saturated heterocycles. The van der Waals surface area contributed by atoms with Gasteiger partial charge in [0.05, 0.1) is 10.9 Å². The highest BCUT2D eigenvalue weighted by molar-refractivity contribution is 6.03. The predicted octanol–water partition coefficient (Wildman–Crippen LogP) is 3.63. The number of rotatable bonds is 4. The minimum absolute atomic E-state index is 0.0592. The lowest BCUT2D eigenvalue weighted by atomic mass is 10.00. The lowest BCUT2D eigenvalue weighted by Gasteiger charge is -2.28. The summed E-state index contributed by atoms with van der Waals surface area (Å²) in [6.45, 7) is 5.73. The lowest BCUT2D eigenvalue weighted by molar-refractivity contribution is 0.246. The molecule has 0 amide bonds. The van der Waals surface area contributed by atoms with Crippen LogP contribution in [0.2, 0.25) is 0 Å². The lowest BCUT2D eigenvalue weighted by Crippen LogP contribution is -2.32. The van der Waals surface area contributed by atoms with Crippen LogP contribution in [0.15, 0.2) is 53.3 Å². The number of pyridine rings is 1. The number of H-pyrrole nitrogens is 1. The van der Waals surface area contributed by atoms with E-state index in [2.05, 4.69) is 45.4 Å². The average Bonchev–Trinajstić information content (AvgIpc) is 3.12. The van der Waals surface area contributed by atoms with Crippen molar-refractivity contribution >= 4 is 21.8 Å². The molecule has 1 N–H and O–H groups in total. The Labute approximate surface area is 163 Å². The van der Waals surface area contributed by atoms with Gasteiger partial charge in [0.25, 0.3) is 5.56 Å². The number of benzene rings is 2. The van der Waals surface area contributed by atoms with Crippen molar-refractivity contribution in [2.75, 3.05) is 13.1 Å². The Morgan fingerprint density at radius 3 is 2.71 bits per heavy atom. The Balaban J connectivity index is 1.40. The Hall–Kier alpha value is -2.92. The second-order valence-electron chi connectivity index (χ2n) is 7.69. The number of nitrogens with zero attached hydrogens (tertiary/aromatic N) is 3. The molecule has 0 saturated carbocycles. The standard InChI is InChI=1S/C23H24N4O/c1-16-21-22(25-24-16)19-9-4-5-10-20(19)27(23(21)28)13-6-12-26-14-11-17-7-2-3-8-18(17)15-26/h2-5,7-10H,6,11-15H2,1H3,(H,24,25). The van der Waals surface area contributed by atoms with Crippen LogP contribution in [0, 0.1) is 6.92 Å². The van der Waals surface area contributed by atoms with E-state index < -0.39 is 0 Å². The van der Waals surface area contributed by atoms with E-state index >= 15 is 0 Å². The van der Waals surface area contributed by atoms with Crippen LogP contribution in [0.5, 0.6) is 0 Å². The van der Waals surface area contributed by atoms with Gasteiger partial charge in [-0.3, -0.25) is 14.8 Å². The van der Waals surface area contributed by atoms with Crippen LogP contribution < -0.4 is 5.56 Å². The maximum atomic E-state index is 13.2. The number of aromatic nitrogens is 3. The molecular formula is C23H24N4O. The molecule has 3 heterocycles. The Bertz CT molecular complexity index is 1220. The molecule has 142 valence electrons. The van der Waals surface area contributed by atoms with E-state index in [1.54, 1.807) is 0 Å². The van der Waals surface area contributed by atoms with Crippen LogP contribution in [-0.4, -0.2) is 32.8 Å². The van der Waals surface area contributed by atoms with E-state index in [-0.39, 0.29) is 5.56 Å². The van der Waals surface area contributed by atoms with Gasteiger partial charge in [0.15, 0.2) is 0 Å². The summed E-state index contributed by atoms with van der Waals surface area (Å²) in [6.07, 6.45) is 2.06. The van der Waals surface area contributed by atoms with Gasteiger partial charge in [0.2, 0.25) is 0 Å². The summed E-state index contributed by atoms with van der Waals surface area (Å²) in [4.78, 5) is 15.7. The van der Waals surface area contributed by atoms with Crippen molar-refractivity contribution < 1.29 is 0 Å². The molecule has 28 heavy (non-hydrogen) atoms. The second kappa shape index (κ2) is 6.91. The maximum absolute atomic E-state index is 13.2. The number of aryl methyl sites for hydroxylation is 2. The first-order chi connectivity index (χ1) is 13.7. The van der Waals surface area contributed by atoms with E-state index in [9.17, 15) is 4.79 Å². The first kappa shape index (κ1) is 17.2. The maximum Gasteiger partial charge on any atom is 0.262 e. The molecule has 0 atom stereocenters. The SMILES string of the molecule is Cc1[nH]nc2c1c(=O)n(CCCN1CCc3ccccc3C1)c1ccccc21. The quantitative estimate of drug-likeness (QED) is 0.595. The molecule has 1 aliphatic rings. The second-order valence-corrected chi connectivity index (χ2v) is 7.69. The first-order valence-corrected chi connectivity index (χ1v) is 9.98. The van der Waals surface area contributed by atoms with Crippen molar-refractivity contribution in [1.29, 1.82) is 0 Å². The zero-order chi connectivity index (χ0) is 19.1. The summed E-state index contributed by atoms with van der Waals surface area (Å²) in [5.74, 6) is 0. The number of hydrogen-bond acceptors (Lipinski definition) is 3. The van der Waals surface area contributed by atoms with Gasteiger partial charge in [-0.15, -0.1) is 0 Å². The highest BCUT2D eigenvalue weighted by Crippen LogP contribution is 2.23. The molecule has 5 rings (SSSR count). The Morgan fingerprint density at radius 2 is 1.82 bits per heavy atom. The van der Waals surface area contributed by atoms with Crippen LogP contribution in [0.25, 0.3) is 21.8 Å². The third kappa shape index (κ3) is 2.83. The van der Waals surface area contributed by atoms with Crippen LogP contribution in [0.1, 0.15) is 23.2 Å². The molecule has 0 radical (unpaired) electrons. The zero-order valence-electron chi connectivity index (χ0n) is 16.1. The molecule has 0 fully saturated rings. The minimum atomic E-state index is 0.0592. The van der Waals surface area contributed by atoms with Crippen molar-refractivity contribution in [3.8, 4) is 0 Å². The van der Waals surface area contributed by atoms with Crippen LogP contribution in [0.4, 0.5) is 0 Å². The minimum Gasteiger partial charge on any atom is -0.308 e. The van der Waals surface area contributed by atoms with Gasteiger partial charge in [-0.05, 0) is 37.0 Å². The van der Waals surface area contributed by atoms with E-state index in [0.29, 0.717) is 5.39 Å². The largest absolute Gasteiger partial charge is 0.308 e. The molecule has 1 aliphatic heterocycles. The summed E-state index contributed by atoms with van der Waals surface area (Å²) in [5.41, 5.74) is 5.56. The predicted molar refractivity (Wildman–Crippen MR) is 113 cm³/mol. The fraction of sp³-hybridized carbons (Fsp3) is 0.304. The molecule has 0 aliphatic carbocycles. The fourth-order valence-electron chi connectivity index (χ4n) is 4.46. The molecule has 5 nitrogen and oxygen atoms in total. The number of aromatic amines is 1. The summed E-state index contributed by atoms with van der Waals surface area (Å²) in [5, 5.41) is 9.11. The molecule has 2 aromatic heterocycles. The highest BCUT2D eigenvalue weighted by Gasteiger charge is 2.17. The van der Waals surface area contributed by atoms with Gasteiger partial charge in [-0.2, -0.15) is 5.10 Å². The van der Waals surface area contributed by atoms with E-state index in [1.807, 2.05) is 29.7 Å². The van der Waals surface area contributed by atoms with Crippen molar-refractivity contribution in [1.82, 2.24) is 19.7 Å². The first-order valence-electron chi connectivity index (χ1n) is 9.98. The van der Waals surface area contributed by atoms with E-state index in [4.69, 9.17) is 0 Å². The number of fused-ring (bicyclic) bond motifs is 4. The van der Waals surface area contributed by atoms with Gasteiger partial charge < -0.3 is 4.57 Å². The number of para-hydroxylation sites is 1. The Morgan fingerprint density at radius 1 is 1.04 bits per heavy atom. The van der Waals surface area contributed by atoms with Crippen LogP contribution >= 0.6 is 0 Å². The number of hydrogen-bond donors (Lipinski definition) is 1.